The minimum Gasteiger partial charge on any atom is -0.495 e. The first-order valence-electron chi connectivity index (χ1n) is 17.9. The number of nitrogens with zero attached hydrogens (tertiary/aromatic N) is 5. The number of halogens is 1. The molecule has 1 fully saturated rings. The van der Waals surface area contributed by atoms with Crippen LogP contribution in [0, 0.1) is 11.3 Å². The average Bonchev–Trinajstić information content (AvgIpc) is 3.50. The third-order valence-electron chi connectivity index (χ3n) is 9.40. The first-order chi connectivity index (χ1) is 25.5. The lowest BCUT2D eigenvalue weighted by molar-refractivity contribution is 0.101. The fraction of sp³-hybridized carbons (Fsp3) is 0.310. The maximum atomic E-state index is 13.8. The van der Waals surface area contributed by atoms with E-state index in [1.807, 2.05) is 89.5 Å². The summed E-state index contributed by atoms with van der Waals surface area (Å²) in [7, 11) is 1.72. The summed E-state index contributed by atoms with van der Waals surface area (Å²) < 4.78 is 13.6. The van der Waals surface area contributed by atoms with Crippen LogP contribution in [0.25, 0.3) is 11.1 Å². The predicted octanol–water partition coefficient (Wildman–Crippen LogP) is 8.32. The number of aromatic nitrogens is 2. The number of nitriles is 1. The number of aryl methyl sites for hydroxylation is 1. The lowest BCUT2D eigenvalue weighted by Crippen LogP contribution is -2.46. The largest absolute Gasteiger partial charge is 0.495 e. The number of hydrogen-bond donors (Lipinski definition) is 1. The number of benzene rings is 4. The van der Waals surface area contributed by atoms with Crippen LogP contribution >= 0.6 is 11.6 Å². The fourth-order valence-electron chi connectivity index (χ4n) is 6.62. The van der Waals surface area contributed by atoms with Crippen LogP contribution in [0.3, 0.4) is 0 Å². The van der Waals surface area contributed by atoms with Gasteiger partial charge in [0.2, 0.25) is 0 Å². The summed E-state index contributed by atoms with van der Waals surface area (Å²) in [6.07, 6.45) is 3.52. The Morgan fingerprint density at radius 3 is 2.48 bits per heavy atom. The maximum absolute atomic E-state index is 13.8. The molecule has 0 aliphatic carbocycles. The van der Waals surface area contributed by atoms with E-state index in [1.165, 1.54) is 0 Å². The molecule has 1 saturated heterocycles. The second-order valence-electron chi connectivity index (χ2n) is 12.9. The Kier molecular flexibility index (Phi) is 12.5. The minimum absolute atomic E-state index is 0.180. The molecule has 2 heterocycles. The van der Waals surface area contributed by atoms with E-state index in [4.69, 9.17) is 21.1 Å². The van der Waals surface area contributed by atoms with E-state index in [0.29, 0.717) is 42.3 Å². The summed E-state index contributed by atoms with van der Waals surface area (Å²) in [5.41, 5.74) is 5.55. The molecule has 0 atom stereocenters. The van der Waals surface area contributed by atoms with Gasteiger partial charge < -0.3 is 24.3 Å². The zero-order chi connectivity index (χ0) is 36.3. The van der Waals surface area contributed by atoms with E-state index >= 15 is 0 Å². The SMILES string of the molecule is CCCCc1nc(Cl)c(C(=O)Nc2cccc(OCCCN3CCN(c4ccccc4OC)CC3)c2)n1Cc1ccc(-c2ccccc2C#N)cc1. The molecule has 1 amide bonds. The second-order valence-corrected chi connectivity index (χ2v) is 13.3. The van der Waals surface area contributed by atoms with Crippen molar-refractivity contribution in [3.8, 4) is 28.7 Å². The van der Waals surface area contributed by atoms with Gasteiger partial charge in [-0.3, -0.25) is 9.69 Å². The van der Waals surface area contributed by atoms with Crippen LogP contribution in [-0.4, -0.2) is 66.8 Å². The van der Waals surface area contributed by atoms with Crippen molar-refractivity contribution in [1.82, 2.24) is 14.5 Å². The summed E-state index contributed by atoms with van der Waals surface area (Å²) in [5.74, 6) is 2.05. The molecule has 268 valence electrons. The summed E-state index contributed by atoms with van der Waals surface area (Å²) >= 11 is 6.67. The Labute approximate surface area is 311 Å². The number of imidazole rings is 1. The van der Waals surface area contributed by atoms with Gasteiger partial charge in [0.1, 0.15) is 23.0 Å². The number of unbranched alkanes of at least 4 members (excludes halogenated alkanes) is 1. The van der Waals surface area contributed by atoms with Crippen LogP contribution in [0.2, 0.25) is 5.15 Å². The van der Waals surface area contributed by atoms with Gasteiger partial charge in [0.15, 0.2) is 5.15 Å². The van der Waals surface area contributed by atoms with E-state index in [1.54, 1.807) is 7.11 Å². The smallest absolute Gasteiger partial charge is 0.275 e. The minimum atomic E-state index is -0.329. The van der Waals surface area contributed by atoms with Gasteiger partial charge in [-0.15, -0.1) is 0 Å². The molecule has 9 nitrogen and oxygen atoms in total. The molecule has 5 aromatic rings. The zero-order valence-corrected chi connectivity index (χ0v) is 30.6. The van der Waals surface area contributed by atoms with Crippen molar-refractivity contribution < 1.29 is 14.3 Å². The third kappa shape index (κ3) is 8.94. The summed E-state index contributed by atoms with van der Waals surface area (Å²) in [6, 6.07) is 33.5. The maximum Gasteiger partial charge on any atom is 0.275 e. The molecule has 4 aromatic carbocycles. The monoisotopic (exact) mass is 716 g/mol. The second kappa shape index (κ2) is 17.8. The van der Waals surface area contributed by atoms with E-state index in [0.717, 1.165) is 85.9 Å². The van der Waals surface area contributed by atoms with Gasteiger partial charge >= 0.3 is 0 Å². The molecule has 52 heavy (non-hydrogen) atoms. The van der Waals surface area contributed by atoms with Crippen LogP contribution in [0.15, 0.2) is 97.1 Å². The van der Waals surface area contributed by atoms with E-state index in [9.17, 15) is 10.1 Å². The molecule has 1 aliphatic heterocycles. The molecule has 1 aliphatic rings. The van der Waals surface area contributed by atoms with Gasteiger partial charge in [0.05, 0.1) is 31.0 Å². The highest BCUT2D eigenvalue weighted by atomic mass is 35.5. The highest BCUT2D eigenvalue weighted by Crippen LogP contribution is 2.29. The predicted molar refractivity (Wildman–Crippen MR) is 208 cm³/mol. The van der Waals surface area contributed by atoms with Crippen molar-refractivity contribution in [2.75, 3.05) is 56.7 Å². The van der Waals surface area contributed by atoms with Crippen LogP contribution in [0.1, 0.15) is 53.6 Å². The van der Waals surface area contributed by atoms with Crippen molar-refractivity contribution in [2.45, 2.75) is 39.2 Å². The Balaban J connectivity index is 1.05. The van der Waals surface area contributed by atoms with Crippen molar-refractivity contribution in [3.05, 3.63) is 125 Å². The molecule has 6 rings (SSSR count). The number of piperazine rings is 1. The molecule has 1 N–H and O–H groups in total. The van der Waals surface area contributed by atoms with Gasteiger partial charge in [-0.25, -0.2) is 4.98 Å². The van der Waals surface area contributed by atoms with Crippen molar-refractivity contribution >= 4 is 28.9 Å². The number of anilines is 2. The zero-order valence-electron chi connectivity index (χ0n) is 29.9. The Morgan fingerprint density at radius 1 is 0.942 bits per heavy atom. The number of carbonyl (C=O) groups is 1. The molecule has 0 spiro atoms. The number of ether oxygens (including phenoxy) is 2. The van der Waals surface area contributed by atoms with Gasteiger partial charge in [-0.2, -0.15) is 5.26 Å². The number of carbonyl (C=O) groups excluding carboxylic acids is 1. The summed E-state index contributed by atoms with van der Waals surface area (Å²) in [4.78, 5) is 23.3. The Bertz CT molecular complexity index is 2000. The lowest BCUT2D eigenvalue weighted by atomic mass is 9.99. The van der Waals surface area contributed by atoms with Crippen molar-refractivity contribution in [2.24, 2.45) is 0 Å². The molecular formula is C42H45ClN6O3. The lowest BCUT2D eigenvalue weighted by Gasteiger charge is -2.36. The number of amides is 1. The van der Waals surface area contributed by atoms with Gasteiger partial charge in [0, 0.05) is 57.4 Å². The molecule has 0 bridgehead atoms. The molecular weight excluding hydrogens is 672 g/mol. The number of methoxy groups -OCH3 is 1. The molecule has 0 radical (unpaired) electrons. The van der Waals surface area contributed by atoms with Crippen LogP contribution in [0.4, 0.5) is 11.4 Å². The Morgan fingerprint density at radius 2 is 1.71 bits per heavy atom. The quantitative estimate of drug-likeness (QED) is 0.109. The van der Waals surface area contributed by atoms with E-state index < -0.39 is 0 Å². The highest BCUT2D eigenvalue weighted by molar-refractivity contribution is 6.33. The van der Waals surface area contributed by atoms with Crippen LogP contribution in [-0.2, 0) is 13.0 Å². The fourth-order valence-corrected chi connectivity index (χ4v) is 6.90. The van der Waals surface area contributed by atoms with Gasteiger partial charge in [-0.1, -0.05) is 85.6 Å². The normalized spacial score (nSPS) is 13.1. The highest BCUT2D eigenvalue weighted by Gasteiger charge is 2.23. The summed E-state index contributed by atoms with van der Waals surface area (Å²) in [5, 5.41) is 12.8. The Hall–Kier alpha value is -5.30. The van der Waals surface area contributed by atoms with Gasteiger partial charge in [0.25, 0.3) is 5.91 Å². The number of hydrogen-bond acceptors (Lipinski definition) is 7. The topological polar surface area (TPSA) is 95.7 Å². The number of para-hydroxylation sites is 2. The van der Waals surface area contributed by atoms with Crippen LogP contribution < -0.4 is 19.7 Å². The molecule has 0 unspecified atom stereocenters. The molecule has 10 heteroatoms. The first-order valence-corrected chi connectivity index (χ1v) is 18.3. The number of nitrogens with one attached hydrogen (secondary N) is 1. The van der Waals surface area contributed by atoms with E-state index in [-0.39, 0.29) is 11.1 Å². The van der Waals surface area contributed by atoms with Crippen molar-refractivity contribution in [3.63, 3.8) is 0 Å². The number of rotatable bonds is 15. The standard InChI is InChI=1S/C42H45ClN6O3/c1-3-4-17-39-46-41(43)40(49(39)30-31-18-20-32(21-19-31)36-14-6-5-11-33(36)29-44)42(50)45-34-12-9-13-35(28-34)52-27-10-22-47-23-25-48(26-24-47)37-15-7-8-16-38(37)51-2/h5-9,11-16,18-21,28H,3-4,10,17,22-27,30H2,1-2H3,(H,45,50). The van der Waals surface area contributed by atoms with Crippen molar-refractivity contribution in [1.29, 1.82) is 5.26 Å². The molecule has 1 aromatic heterocycles. The first kappa shape index (κ1) is 36.5. The van der Waals surface area contributed by atoms with E-state index in [2.05, 4.69) is 45.2 Å². The molecule has 0 saturated carbocycles. The average molecular weight is 717 g/mol. The van der Waals surface area contributed by atoms with Crippen LogP contribution in [0.5, 0.6) is 11.5 Å². The van der Waals surface area contributed by atoms with Gasteiger partial charge in [-0.05, 0) is 59.9 Å². The summed E-state index contributed by atoms with van der Waals surface area (Å²) in [6.45, 7) is 7.97. The third-order valence-corrected chi connectivity index (χ3v) is 9.67.